The number of aliphatic imine (C=N–C) groups is 1. The second kappa shape index (κ2) is 9.48. The van der Waals surface area contributed by atoms with Crippen molar-refractivity contribution in [2.24, 2.45) is 10.7 Å². The minimum atomic E-state index is -1.27. The normalized spacial score (nSPS) is 15.1. The van der Waals surface area contributed by atoms with Crippen molar-refractivity contribution in [3.8, 4) is 0 Å². The van der Waals surface area contributed by atoms with E-state index in [0.29, 0.717) is 18.2 Å². The SMILES string of the molecule is CC(C)(F)Cc1ccc(NC(=O)/C=C/c2cnccc2C(C=NC2CC2)=CN)cc1. The highest BCUT2D eigenvalue weighted by atomic mass is 19.1. The first-order valence-corrected chi connectivity index (χ1v) is 10.0. The van der Waals surface area contributed by atoms with Gasteiger partial charge in [-0.15, -0.1) is 0 Å². The number of carbonyl (C=O) groups excluding carboxylic acids is 1. The maximum atomic E-state index is 13.7. The smallest absolute Gasteiger partial charge is 0.248 e. The van der Waals surface area contributed by atoms with Crippen LogP contribution < -0.4 is 11.1 Å². The van der Waals surface area contributed by atoms with E-state index in [2.05, 4.69) is 15.3 Å². The average molecular weight is 407 g/mol. The van der Waals surface area contributed by atoms with Crippen molar-refractivity contribution in [1.29, 1.82) is 0 Å². The number of benzene rings is 1. The lowest BCUT2D eigenvalue weighted by molar-refractivity contribution is -0.111. The van der Waals surface area contributed by atoms with Gasteiger partial charge in [-0.1, -0.05) is 12.1 Å². The highest BCUT2D eigenvalue weighted by Gasteiger charge is 2.19. The first-order chi connectivity index (χ1) is 14.3. The highest BCUT2D eigenvalue weighted by molar-refractivity contribution is 6.11. The summed E-state index contributed by atoms with van der Waals surface area (Å²) in [7, 11) is 0. The Labute approximate surface area is 176 Å². The maximum absolute atomic E-state index is 13.7. The number of amides is 1. The summed E-state index contributed by atoms with van der Waals surface area (Å²) in [5.74, 6) is -0.270. The second-order valence-corrected chi connectivity index (χ2v) is 8.01. The molecule has 0 unspecified atom stereocenters. The number of aromatic nitrogens is 1. The summed E-state index contributed by atoms with van der Waals surface area (Å²) in [5.41, 5.74) is 8.47. The Bertz CT molecular complexity index is 967. The number of carbonyl (C=O) groups is 1. The Balaban J connectivity index is 1.66. The van der Waals surface area contributed by atoms with E-state index in [0.717, 1.165) is 35.1 Å². The van der Waals surface area contributed by atoms with Gasteiger partial charge in [0.1, 0.15) is 5.67 Å². The fraction of sp³-hybridized carbons (Fsp3) is 0.292. The summed E-state index contributed by atoms with van der Waals surface area (Å²) < 4.78 is 13.7. The van der Waals surface area contributed by atoms with Gasteiger partial charge in [0, 0.05) is 54.1 Å². The van der Waals surface area contributed by atoms with Gasteiger partial charge in [0.15, 0.2) is 0 Å². The van der Waals surface area contributed by atoms with Crippen LogP contribution in [0.4, 0.5) is 10.1 Å². The zero-order chi connectivity index (χ0) is 21.6. The molecule has 30 heavy (non-hydrogen) atoms. The van der Waals surface area contributed by atoms with Gasteiger partial charge in [0.25, 0.3) is 0 Å². The van der Waals surface area contributed by atoms with Crippen LogP contribution in [-0.4, -0.2) is 28.8 Å². The summed E-state index contributed by atoms with van der Waals surface area (Å²) in [6, 6.07) is 9.42. The number of nitrogens with one attached hydrogen (secondary N) is 1. The number of hydrogen-bond donors (Lipinski definition) is 2. The molecule has 0 atom stereocenters. The predicted molar refractivity (Wildman–Crippen MR) is 121 cm³/mol. The zero-order valence-corrected chi connectivity index (χ0v) is 17.3. The van der Waals surface area contributed by atoms with Crippen LogP contribution in [0.1, 0.15) is 43.4 Å². The lowest BCUT2D eigenvalue weighted by Gasteiger charge is -2.14. The molecule has 156 valence electrons. The molecule has 1 aromatic heterocycles. The lowest BCUT2D eigenvalue weighted by atomic mass is 10.0. The molecule has 6 heteroatoms. The average Bonchev–Trinajstić information content (AvgIpc) is 3.52. The molecular weight excluding hydrogens is 379 g/mol. The minimum absolute atomic E-state index is 0.270. The van der Waals surface area contributed by atoms with Crippen LogP contribution in [0.5, 0.6) is 0 Å². The Morgan fingerprint density at radius 3 is 2.67 bits per heavy atom. The molecule has 0 aliphatic heterocycles. The van der Waals surface area contributed by atoms with Gasteiger partial charge < -0.3 is 11.1 Å². The summed E-state index contributed by atoms with van der Waals surface area (Å²) >= 11 is 0. The number of halogens is 1. The van der Waals surface area contributed by atoms with E-state index in [1.54, 1.807) is 50.7 Å². The number of hydrogen-bond acceptors (Lipinski definition) is 4. The molecule has 1 amide bonds. The molecule has 2 aromatic rings. The quantitative estimate of drug-likeness (QED) is 0.498. The standard InChI is InChI=1S/C24H27FN4O/c1-24(2,25)13-17-3-6-21(7-4-17)29-23(30)10-5-18-15-27-12-11-22(18)19(14-26)16-28-20-8-9-20/h3-7,10-12,14-16,20H,8-9,13,26H2,1-2H3,(H,29,30)/b10-5+,19-14?,28-16?. The van der Waals surface area contributed by atoms with E-state index in [1.807, 2.05) is 18.2 Å². The van der Waals surface area contributed by atoms with E-state index in [9.17, 15) is 9.18 Å². The zero-order valence-electron chi connectivity index (χ0n) is 17.3. The topological polar surface area (TPSA) is 80.4 Å². The van der Waals surface area contributed by atoms with Crippen LogP contribution in [0.25, 0.3) is 11.6 Å². The molecule has 1 heterocycles. The number of rotatable bonds is 8. The van der Waals surface area contributed by atoms with Gasteiger partial charge >= 0.3 is 0 Å². The van der Waals surface area contributed by atoms with Crippen LogP contribution in [0.3, 0.4) is 0 Å². The molecule has 3 N–H and O–H groups in total. The fourth-order valence-electron chi connectivity index (χ4n) is 2.95. The Morgan fingerprint density at radius 2 is 2.03 bits per heavy atom. The molecule has 0 bridgehead atoms. The monoisotopic (exact) mass is 406 g/mol. The second-order valence-electron chi connectivity index (χ2n) is 8.01. The lowest BCUT2D eigenvalue weighted by Crippen LogP contribution is -2.15. The Hall–Kier alpha value is -3.28. The maximum Gasteiger partial charge on any atom is 0.248 e. The number of pyridine rings is 1. The third-order valence-electron chi connectivity index (χ3n) is 4.57. The molecule has 0 spiro atoms. The van der Waals surface area contributed by atoms with Gasteiger partial charge in [0.2, 0.25) is 5.91 Å². The van der Waals surface area contributed by atoms with Gasteiger partial charge in [-0.2, -0.15) is 0 Å². The van der Waals surface area contributed by atoms with Crippen molar-refractivity contribution in [2.75, 3.05) is 5.32 Å². The predicted octanol–water partition coefficient (Wildman–Crippen LogP) is 4.56. The van der Waals surface area contributed by atoms with Crippen molar-refractivity contribution >= 4 is 29.5 Å². The first-order valence-electron chi connectivity index (χ1n) is 10.0. The molecule has 0 radical (unpaired) electrons. The van der Waals surface area contributed by atoms with Crippen molar-refractivity contribution in [3.05, 3.63) is 71.7 Å². The summed E-state index contributed by atoms with van der Waals surface area (Å²) in [6.07, 6.45) is 12.4. The van der Waals surface area contributed by atoms with Gasteiger partial charge in [-0.3, -0.25) is 14.8 Å². The van der Waals surface area contributed by atoms with Crippen molar-refractivity contribution in [3.63, 3.8) is 0 Å². The number of alkyl halides is 1. The summed E-state index contributed by atoms with van der Waals surface area (Å²) in [6.45, 7) is 3.09. The fourth-order valence-corrected chi connectivity index (χ4v) is 2.95. The molecule has 1 aliphatic carbocycles. The number of nitrogens with two attached hydrogens (primary N) is 1. The van der Waals surface area contributed by atoms with Crippen LogP contribution in [0.15, 0.2) is 60.0 Å². The first kappa shape index (κ1) is 21.4. The molecule has 1 fully saturated rings. The van der Waals surface area contributed by atoms with Gasteiger partial charge in [-0.25, -0.2) is 4.39 Å². The summed E-state index contributed by atoms with van der Waals surface area (Å²) in [5, 5.41) is 2.81. The molecular formula is C24H27FN4O. The van der Waals surface area contributed by atoms with E-state index in [4.69, 9.17) is 5.73 Å². The molecule has 3 rings (SSSR count). The Kier molecular flexibility index (Phi) is 6.77. The molecule has 1 aromatic carbocycles. The number of nitrogens with zero attached hydrogens (tertiary/aromatic N) is 2. The largest absolute Gasteiger partial charge is 0.404 e. The summed E-state index contributed by atoms with van der Waals surface area (Å²) in [4.78, 5) is 21.0. The third-order valence-corrected chi connectivity index (χ3v) is 4.57. The van der Waals surface area contributed by atoms with E-state index in [-0.39, 0.29) is 5.91 Å². The van der Waals surface area contributed by atoms with Crippen LogP contribution in [0.2, 0.25) is 0 Å². The van der Waals surface area contributed by atoms with Gasteiger partial charge in [0.05, 0.1) is 6.04 Å². The van der Waals surface area contributed by atoms with Crippen molar-refractivity contribution < 1.29 is 9.18 Å². The van der Waals surface area contributed by atoms with Crippen molar-refractivity contribution in [2.45, 2.75) is 44.8 Å². The van der Waals surface area contributed by atoms with E-state index >= 15 is 0 Å². The Morgan fingerprint density at radius 1 is 1.30 bits per heavy atom. The van der Waals surface area contributed by atoms with Crippen molar-refractivity contribution in [1.82, 2.24) is 4.98 Å². The van der Waals surface area contributed by atoms with Crippen LogP contribution >= 0.6 is 0 Å². The highest BCUT2D eigenvalue weighted by Crippen LogP contribution is 2.25. The number of anilines is 1. The number of allylic oxidation sites excluding steroid dienone is 1. The molecule has 1 aliphatic rings. The third kappa shape index (κ3) is 6.65. The minimum Gasteiger partial charge on any atom is -0.404 e. The van der Waals surface area contributed by atoms with E-state index in [1.165, 1.54) is 12.3 Å². The van der Waals surface area contributed by atoms with Crippen LogP contribution in [0, 0.1) is 0 Å². The van der Waals surface area contributed by atoms with Crippen LogP contribution in [-0.2, 0) is 11.2 Å². The molecule has 5 nitrogen and oxygen atoms in total. The van der Waals surface area contributed by atoms with E-state index < -0.39 is 5.67 Å². The molecule has 0 saturated heterocycles. The molecule has 1 saturated carbocycles. The van der Waals surface area contributed by atoms with Gasteiger partial charge in [-0.05, 0) is 62.1 Å².